The van der Waals surface area contributed by atoms with E-state index in [-0.39, 0.29) is 17.5 Å². The fraction of sp³-hybridized carbons (Fsp3) is 0.200. The Morgan fingerprint density at radius 2 is 1.94 bits per heavy atom. The summed E-state index contributed by atoms with van der Waals surface area (Å²) in [5, 5.41) is 15.7. The third-order valence-corrected chi connectivity index (χ3v) is 5.04. The molecule has 0 aromatic carbocycles. The van der Waals surface area contributed by atoms with Crippen molar-refractivity contribution >= 4 is 23.3 Å². The molecule has 4 rings (SSSR count). The van der Waals surface area contributed by atoms with Crippen molar-refractivity contribution in [3.8, 4) is 5.69 Å². The molecule has 180 valence electrons. The molecule has 0 fully saturated rings. The maximum Gasteiger partial charge on any atom is 0.306 e. The van der Waals surface area contributed by atoms with Crippen molar-refractivity contribution in [2.75, 3.05) is 11.9 Å². The summed E-state index contributed by atoms with van der Waals surface area (Å²) >= 11 is 6.04. The highest BCUT2D eigenvalue weighted by Gasteiger charge is 2.33. The molecule has 0 saturated carbocycles. The van der Waals surface area contributed by atoms with Crippen LogP contribution in [0.3, 0.4) is 0 Å². The number of hydrogen-bond donors (Lipinski definition) is 2. The van der Waals surface area contributed by atoms with Gasteiger partial charge in [0.2, 0.25) is 5.91 Å². The Bertz CT molecular complexity index is 1370. The summed E-state index contributed by atoms with van der Waals surface area (Å²) < 4.78 is 31.1. The number of nitrogens with zero attached hydrogens (tertiary/aromatic N) is 8. The summed E-state index contributed by atoms with van der Waals surface area (Å²) in [6.45, 7) is -1.40. The van der Waals surface area contributed by atoms with E-state index in [9.17, 15) is 18.4 Å². The average Bonchev–Trinajstić information content (AvgIpc) is 3.40. The minimum Gasteiger partial charge on any atom is -0.359 e. The van der Waals surface area contributed by atoms with Crippen molar-refractivity contribution < 1.29 is 13.6 Å². The van der Waals surface area contributed by atoms with E-state index in [0.717, 1.165) is 10.8 Å². The number of anilines is 1. The lowest BCUT2D eigenvalue weighted by molar-refractivity contribution is -0.121. The first-order valence-corrected chi connectivity index (χ1v) is 10.5. The van der Waals surface area contributed by atoms with Gasteiger partial charge in [-0.25, -0.2) is 4.98 Å². The molecule has 0 spiro atoms. The van der Waals surface area contributed by atoms with Gasteiger partial charge < -0.3 is 10.6 Å². The van der Waals surface area contributed by atoms with Crippen LogP contribution in [0.4, 0.5) is 14.6 Å². The van der Waals surface area contributed by atoms with E-state index in [1.54, 1.807) is 12.1 Å². The minimum atomic E-state index is -3.36. The second kappa shape index (κ2) is 10.3. The number of halogens is 3. The van der Waals surface area contributed by atoms with Gasteiger partial charge in [-0.05, 0) is 34.7 Å². The Hall–Kier alpha value is -4.33. The van der Waals surface area contributed by atoms with Crippen LogP contribution in [0, 0.1) is 0 Å². The molecule has 0 aliphatic carbocycles. The first-order chi connectivity index (χ1) is 16.8. The first-order valence-electron chi connectivity index (χ1n) is 10.1. The molecular weight excluding hydrogens is 486 g/mol. The van der Waals surface area contributed by atoms with E-state index in [0.29, 0.717) is 11.4 Å². The molecule has 4 heterocycles. The molecule has 0 bridgehead atoms. The summed E-state index contributed by atoms with van der Waals surface area (Å²) in [5.74, 6) is -4.32. The number of carbonyl (C=O) groups excluding carboxylic acids is 1. The second-order valence-electron chi connectivity index (χ2n) is 7.09. The molecule has 12 nitrogen and oxygen atoms in total. The lowest BCUT2D eigenvalue weighted by atomic mass is 10.2. The highest BCUT2D eigenvalue weighted by molar-refractivity contribution is 6.29. The molecule has 0 atom stereocenters. The lowest BCUT2D eigenvalue weighted by Crippen LogP contribution is -2.35. The van der Waals surface area contributed by atoms with Crippen LogP contribution < -0.4 is 16.2 Å². The Labute approximate surface area is 201 Å². The minimum absolute atomic E-state index is 0.00766. The van der Waals surface area contributed by atoms with Gasteiger partial charge in [0.05, 0.1) is 30.7 Å². The number of tetrazole rings is 1. The highest BCUT2D eigenvalue weighted by Crippen LogP contribution is 2.25. The maximum atomic E-state index is 14.4. The number of amides is 1. The van der Waals surface area contributed by atoms with Crippen LogP contribution in [0.25, 0.3) is 5.69 Å². The lowest BCUT2D eigenvalue weighted by Gasteiger charge is -2.17. The molecule has 4 aromatic heterocycles. The van der Waals surface area contributed by atoms with Gasteiger partial charge in [0.15, 0.2) is 5.82 Å². The van der Waals surface area contributed by atoms with Crippen molar-refractivity contribution in [2.24, 2.45) is 0 Å². The average molecular weight is 503 g/mol. The Kier molecular flexibility index (Phi) is 7.01. The highest BCUT2D eigenvalue weighted by atomic mass is 35.5. The van der Waals surface area contributed by atoms with Crippen molar-refractivity contribution in [3.05, 3.63) is 82.1 Å². The summed E-state index contributed by atoms with van der Waals surface area (Å²) in [4.78, 5) is 36.9. The summed E-state index contributed by atoms with van der Waals surface area (Å²) in [6, 6.07) is 7.52. The Balaban J connectivity index is 1.43. The summed E-state index contributed by atoms with van der Waals surface area (Å²) in [7, 11) is 0. The third kappa shape index (κ3) is 5.60. The molecule has 0 radical (unpaired) electrons. The van der Waals surface area contributed by atoms with Gasteiger partial charge in [0, 0.05) is 12.4 Å². The van der Waals surface area contributed by atoms with Crippen LogP contribution in [0.2, 0.25) is 5.15 Å². The van der Waals surface area contributed by atoms with Crippen LogP contribution in [-0.2, 0) is 23.8 Å². The smallest absolute Gasteiger partial charge is 0.306 e. The van der Waals surface area contributed by atoms with Crippen molar-refractivity contribution in [1.29, 1.82) is 0 Å². The van der Waals surface area contributed by atoms with Crippen molar-refractivity contribution in [3.63, 3.8) is 0 Å². The van der Waals surface area contributed by atoms with E-state index >= 15 is 0 Å². The number of rotatable bonds is 9. The predicted octanol–water partition coefficient (Wildman–Crippen LogP) is 1.18. The predicted molar refractivity (Wildman–Crippen MR) is 119 cm³/mol. The molecular formula is C20H17ClF2N10O2. The van der Waals surface area contributed by atoms with Crippen LogP contribution in [0.15, 0.2) is 60.0 Å². The van der Waals surface area contributed by atoms with E-state index in [2.05, 4.69) is 41.1 Å². The molecule has 15 heteroatoms. The molecule has 35 heavy (non-hydrogen) atoms. The maximum absolute atomic E-state index is 14.4. The van der Waals surface area contributed by atoms with Crippen LogP contribution in [0.5, 0.6) is 0 Å². The van der Waals surface area contributed by atoms with E-state index in [1.807, 2.05) is 0 Å². The van der Waals surface area contributed by atoms with Gasteiger partial charge in [0.25, 0.3) is 5.56 Å². The van der Waals surface area contributed by atoms with E-state index in [4.69, 9.17) is 11.6 Å². The molecule has 0 aliphatic heterocycles. The SMILES string of the molecule is O=C(Cn1c(Cl)cnc(NCC(F)(F)c2ccccn2)c1=O)NCc1ncccc1-n1cnnn1. The fourth-order valence-corrected chi connectivity index (χ4v) is 3.21. The zero-order chi connectivity index (χ0) is 24.8. The van der Waals surface area contributed by atoms with E-state index < -0.39 is 36.2 Å². The van der Waals surface area contributed by atoms with Gasteiger partial charge >= 0.3 is 5.92 Å². The quantitative estimate of drug-likeness (QED) is 0.344. The Morgan fingerprint density at radius 3 is 2.69 bits per heavy atom. The second-order valence-corrected chi connectivity index (χ2v) is 7.48. The monoisotopic (exact) mass is 502 g/mol. The standard InChI is InChI=1S/C20H17ClF2N10O2/c21-16-9-27-18(28-11-20(22,23)15-5-1-2-6-25-15)19(35)32(16)10-17(34)26-8-13-14(4-3-7-24-13)33-12-29-30-31-33/h1-7,9,12H,8,10-11H2,(H,26,34)(H,27,28). The molecule has 4 aromatic rings. The topological polar surface area (TPSA) is 145 Å². The van der Waals surface area contributed by atoms with Crippen LogP contribution >= 0.6 is 11.6 Å². The number of pyridine rings is 2. The van der Waals surface area contributed by atoms with Gasteiger partial charge in [-0.3, -0.25) is 24.1 Å². The zero-order valence-corrected chi connectivity index (χ0v) is 18.6. The van der Waals surface area contributed by atoms with Crippen molar-refractivity contribution in [1.82, 2.24) is 45.0 Å². The number of alkyl halides is 2. The number of aromatic nitrogens is 8. The largest absolute Gasteiger partial charge is 0.359 e. The molecule has 2 N–H and O–H groups in total. The van der Waals surface area contributed by atoms with Crippen molar-refractivity contribution in [2.45, 2.75) is 19.0 Å². The number of hydrogen-bond acceptors (Lipinski definition) is 9. The Morgan fingerprint density at radius 1 is 1.11 bits per heavy atom. The number of carbonyl (C=O) groups is 1. The van der Waals surface area contributed by atoms with Gasteiger partial charge in [0.1, 0.15) is 23.7 Å². The zero-order valence-electron chi connectivity index (χ0n) is 17.8. The molecule has 0 aliphatic rings. The fourth-order valence-electron chi connectivity index (χ4n) is 3.03. The van der Waals surface area contributed by atoms with Crippen LogP contribution in [-0.4, -0.2) is 52.2 Å². The summed E-state index contributed by atoms with van der Waals surface area (Å²) in [6.07, 6.45) is 5.25. The molecule has 0 unspecified atom stereocenters. The van der Waals surface area contributed by atoms with Crippen LogP contribution in [0.1, 0.15) is 11.4 Å². The normalized spacial score (nSPS) is 11.3. The first kappa shape index (κ1) is 23.8. The van der Waals surface area contributed by atoms with Gasteiger partial charge in [-0.15, -0.1) is 5.10 Å². The number of nitrogens with one attached hydrogen (secondary N) is 2. The summed E-state index contributed by atoms with van der Waals surface area (Å²) in [5.41, 5.74) is -0.272. The van der Waals surface area contributed by atoms with E-state index in [1.165, 1.54) is 41.6 Å². The van der Waals surface area contributed by atoms with Gasteiger partial charge in [-0.1, -0.05) is 17.7 Å². The molecule has 0 saturated heterocycles. The van der Waals surface area contributed by atoms with Gasteiger partial charge in [-0.2, -0.15) is 13.5 Å². The molecule has 1 amide bonds. The third-order valence-electron chi connectivity index (χ3n) is 4.74.